The number of nitrogens with zero attached hydrogens (tertiary/aromatic N) is 2. The Bertz CT molecular complexity index is 724. The molecule has 1 saturated heterocycles. The van der Waals surface area contributed by atoms with Crippen LogP contribution in [0.3, 0.4) is 0 Å². The normalized spacial score (nSPS) is 15.8. The van der Waals surface area contributed by atoms with Gasteiger partial charge in [-0.25, -0.2) is 4.79 Å². The SMILES string of the molecule is O=C(O)COCCN1CCN(C(c2ccccc2)c2ccc(Cl)cc2)CC1.[Cl-].[Cl-]. The van der Waals surface area contributed by atoms with E-state index >= 15 is 0 Å². The van der Waals surface area contributed by atoms with Crippen molar-refractivity contribution in [2.75, 3.05) is 45.9 Å². The fraction of sp³-hybridized carbons (Fsp3) is 0.381. The first-order valence-electron chi connectivity index (χ1n) is 9.20. The highest BCUT2D eigenvalue weighted by atomic mass is 35.5. The summed E-state index contributed by atoms with van der Waals surface area (Å²) in [5.74, 6) is -0.923. The molecule has 0 saturated carbocycles. The van der Waals surface area contributed by atoms with Gasteiger partial charge in [-0.3, -0.25) is 9.80 Å². The third-order valence-electron chi connectivity index (χ3n) is 4.85. The fourth-order valence-corrected chi connectivity index (χ4v) is 3.62. The van der Waals surface area contributed by atoms with Gasteiger partial charge in [0.2, 0.25) is 0 Å². The lowest BCUT2D eigenvalue weighted by Crippen LogP contribution is -3.00. The summed E-state index contributed by atoms with van der Waals surface area (Å²) < 4.78 is 5.15. The minimum atomic E-state index is -0.923. The number of aliphatic carboxylic acids is 1. The van der Waals surface area contributed by atoms with Gasteiger partial charge in [0.25, 0.3) is 0 Å². The van der Waals surface area contributed by atoms with Gasteiger partial charge >= 0.3 is 5.97 Å². The highest BCUT2D eigenvalue weighted by Crippen LogP contribution is 2.30. The van der Waals surface area contributed by atoms with Crippen molar-refractivity contribution >= 4 is 17.6 Å². The summed E-state index contributed by atoms with van der Waals surface area (Å²) in [5, 5.41) is 9.37. The molecule has 8 heteroatoms. The summed E-state index contributed by atoms with van der Waals surface area (Å²) in [6.07, 6.45) is 0. The average molecular weight is 460 g/mol. The van der Waals surface area contributed by atoms with Crippen molar-refractivity contribution in [3.63, 3.8) is 0 Å². The van der Waals surface area contributed by atoms with Crippen molar-refractivity contribution in [3.8, 4) is 0 Å². The van der Waals surface area contributed by atoms with Crippen LogP contribution in [0.4, 0.5) is 0 Å². The Balaban J connectivity index is 0.00000210. The third kappa shape index (κ3) is 7.78. The summed E-state index contributed by atoms with van der Waals surface area (Å²) >= 11 is 6.08. The number of ether oxygens (including phenoxy) is 1. The second-order valence-electron chi connectivity index (χ2n) is 6.69. The van der Waals surface area contributed by atoms with Crippen molar-refractivity contribution in [3.05, 3.63) is 70.7 Å². The smallest absolute Gasteiger partial charge is 0.329 e. The van der Waals surface area contributed by atoms with E-state index in [4.69, 9.17) is 21.4 Å². The maximum atomic E-state index is 10.5. The van der Waals surface area contributed by atoms with Crippen LogP contribution in [0.15, 0.2) is 54.6 Å². The number of hydrogen-bond acceptors (Lipinski definition) is 4. The molecule has 1 fully saturated rings. The van der Waals surface area contributed by atoms with Gasteiger partial charge < -0.3 is 34.7 Å². The van der Waals surface area contributed by atoms with Gasteiger partial charge in [0.1, 0.15) is 6.61 Å². The van der Waals surface area contributed by atoms with E-state index in [1.807, 2.05) is 18.2 Å². The Kier molecular flexibility index (Phi) is 11.6. The zero-order chi connectivity index (χ0) is 19.1. The van der Waals surface area contributed by atoms with Gasteiger partial charge in [0, 0.05) is 37.7 Å². The summed E-state index contributed by atoms with van der Waals surface area (Å²) in [5.41, 5.74) is 2.52. The van der Waals surface area contributed by atoms with Crippen LogP contribution in [0.5, 0.6) is 0 Å². The van der Waals surface area contributed by atoms with E-state index < -0.39 is 5.97 Å². The number of benzene rings is 2. The first kappa shape index (κ1) is 25.7. The maximum absolute atomic E-state index is 10.5. The molecular weight excluding hydrogens is 435 g/mol. The van der Waals surface area contributed by atoms with Crippen LogP contribution in [-0.2, 0) is 9.53 Å². The van der Waals surface area contributed by atoms with Crippen LogP contribution in [0.2, 0.25) is 5.02 Å². The number of piperazine rings is 1. The van der Waals surface area contributed by atoms with E-state index in [2.05, 4.69) is 46.2 Å². The summed E-state index contributed by atoms with van der Waals surface area (Å²) in [6.45, 7) is 4.75. The molecule has 5 nitrogen and oxygen atoms in total. The lowest BCUT2D eigenvalue weighted by molar-refractivity contribution is -0.142. The molecule has 0 radical (unpaired) electrons. The molecule has 2 aromatic rings. The first-order chi connectivity index (χ1) is 13.1. The van der Waals surface area contributed by atoms with Crippen LogP contribution < -0.4 is 24.8 Å². The monoisotopic (exact) mass is 458 g/mol. The van der Waals surface area contributed by atoms with Gasteiger partial charge in [-0.2, -0.15) is 0 Å². The molecule has 29 heavy (non-hydrogen) atoms. The number of carboxylic acid groups (broad SMARTS) is 1. The van der Waals surface area contributed by atoms with Crippen LogP contribution in [0.25, 0.3) is 0 Å². The van der Waals surface area contributed by atoms with E-state index in [0.717, 1.165) is 37.7 Å². The van der Waals surface area contributed by atoms with Crippen molar-refractivity contribution < 1.29 is 39.5 Å². The van der Waals surface area contributed by atoms with Gasteiger partial charge in [-0.05, 0) is 23.3 Å². The topological polar surface area (TPSA) is 53.0 Å². The highest BCUT2D eigenvalue weighted by molar-refractivity contribution is 6.30. The zero-order valence-corrected chi connectivity index (χ0v) is 18.3. The molecular formula is C21H25Cl3N2O3-2. The molecule has 1 aliphatic rings. The Morgan fingerprint density at radius 1 is 0.966 bits per heavy atom. The molecule has 1 atom stereocenters. The van der Waals surface area contributed by atoms with Crippen LogP contribution in [0, 0.1) is 0 Å². The average Bonchev–Trinajstić information content (AvgIpc) is 2.69. The molecule has 0 aliphatic carbocycles. The molecule has 160 valence electrons. The first-order valence-corrected chi connectivity index (χ1v) is 9.57. The third-order valence-corrected chi connectivity index (χ3v) is 5.10. The van der Waals surface area contributed by atoms with Crippen molar-refractivity contribution in [2.45, 2.75) is 6.04 Å². The molecule has 0 amide bonds. The largest absolute Gasteiger partial charge is 1.00 e. The lowest BCUT2D eigenvalue weighted by Gasteiger charge is -2.39. The predicted molar refractivity (Wildman–Crippen MR) is 106 cm³/mol. The van der Waals surface area contributed by atoms with Crippen molar-refractivity contribution in [1.82, 2.24) is 9.80 Å². The van der Waals surface area contributed by atoms with E-state index in [1.54, 1.807) is 0 Å². The Morgan fingerprint density at radius 3 is 2.14 bits per heavy atom. The number of carboxylic acids is 1. The molecule has 1 heterocycles. The van der Waals surface area contributed by atoms with Gasteiger partial charge in [0.05, 0.1) is 12.6 Å². The second-order valence-corrected chi connectivity index (χ2v) is 7.13. The van der Waals surface area contributed by atoms with Crippen molar-refractivity contribution in [2.24, 2.45) is 0 Å². The Labute approximate surface area is 189 Å². The standard InChI is InChI=1S/C21H25ClN2O3.2ClH/c22-19-8-6-18(7-9-19)21(17-4-2-1-3-5-17)24-12-10-23(11-13-24)14-15-27-16-20(25)26;;/h1-9,21H,10-16H2,(H,25,26);2*1H/p-2. The second kappa shape index (κ2) is 13.1. The van der Waals surface area contributed by atoms with E-state index in [-0.39, 0.29) is 37.5 Å². The van der Waals surface area contributed by atoms with Gasteiger partial charge in [-0.15, -0.1) is 0 Å². The molecule has 2 aromatic carbocycles. The van der Waals surface area contributed by atoms with E-state index in [9.17, 15) is 4.79 Å². The summed E-state index contributed by atoms with van der Waals surface area (Å²) in [7, 11) is 0. The molecule has 1 aliphatic heterocycles. The van der Waals surface area contributed by atoms with Gasteiger partial charge in [-0.1, -0.05) is 54.1 Å². The van der Waals surface area contributed by atoms with Crippen LogP contribution in [0.1, 0.15) is 17.2 Å². The number of rotatable bonds is 8. The highest BCUT2D eigenvalue weighted by Gasteiger charge is 2.26. The van der Waals surface area contributed by atoms with Crippen LogP contribution >= 0.6 is 11.6 Å². The minimum Gasteiger partial charge on any atom is -1.00 e. The van der Waals surface area contributed by atoms with Gasteiger partial charge in [0.15, 0.2) is 0 Å². The molecule has 3 rings (SSSR count). The maximum Gasteiger partial charge on any atom is 0.329 e. The number of carbonyl (C=O) groups is 1. The zero-order valence-electron chi connectivity index (χ0n) is 16.0. The molecule has 1 unspecified atom stereocenters. The number of hydrogen-bond donors (Lipinski definition) is 1. The fourth-order valence-electron chi connectivity index (χ4n) is 3.49. The Morgan fingerprint density at radius 2 is 1.55 bits per heavy atom. The molecule has 0 aromatic heterocycles. The van der Waals surface area contributed by atoms with E-state index in [0.29, 0.717) is 6.61 Å². The lowest BCUT2D eigenvalue weighted by atomic mass is 9.96. The summed E-state index contributed by atoms with van der Waals surface area (Å²) in [6, 6.07) is 18.8. The number of halogens is 3. The van der Waals surface area contributed by atoms with Crippen LogP contribution in [-0.4, -0.2) is 66.8 Å². The molecule has 1 N–H and O–H groups in total. The quantitative estimate of drug-likeness (QED) is 0.431. The minimum absolute atomic E-state index is 0. The van der Waals surface area contributed by atoms with Crippen molar-refractivity contribution in [1.29, 1.82) is 0 Å². The molecule has 0 spiro atoms. The molecule has 0 bridgehead atoms. The summed E-state index contributed by atoms with van der Waals surface area (Å²) in [4.78, 5) is 15.3. The Hall–Kier alpha value is -1.34. The predicted octanol–water partition coefficient (Wildman–Crippen LogP) is -2.84. The van der Waals surface area contributed by atoms with E-state index in [1.165, 1.54) is 11.1 Å².